The van der Waals surface area contributed by atoms with Gasteiger partial charge in [0.1, 0.15) is 5.82 Å². The quantitative estimate of drug-likeness (QED) is 0.241. The lowest BCUT2D eigenvalue weighted by Crippen LogP contribution is -2.46. The van der Waals surface area contributed by atoms with Crippen molar-refractivity contribution >= 4 is 62.6 Å². The molecule has 0 aromatic carbocycles. The van der Waals surface area contributed by atoms with Gasteiger partial charge in [0.25, 0.3) is 5.84 Å². The molecule has 0 spiro atoms. The van der Waals surface area contributed by atoms with Crippen LogP contribution in [0.4, 0.5) is 10.9 Å². The van der Waals surface area contributed by atoms with E-state index < -0.39 is 22.9 Å². The third-order valence-electron chi connectivity index (χ3n) is 8.47. The summed E-state index contributed by atoms with van der Waals surface area (Å²) in [6.45, 7) is 22.2. The first-order chi connectivity index (χ1) is 19.7. The lowest BCUT2D eigenvalue weighted by Gasteiger charge is -2.34. The van der Waals surface area contributed by atoms with Crippen LogP contribution in [0.2, 0.25) is 0 Å². The highest BCUT2D eigenvalue weighted by molar-refractivity contribution is 8.18. The first kappa shape index (κ1) is 33.9. The molecule has 42 heavy (non-hydrogen) atoms. The number of carbonyl (C=O) groups is 3. The van der Waals surface area contributed by atoms with Crippen molar-refractivity contribution in [3.8, 4) is 0 Å². The van der Waals surface area contributed by atoms with Gasteiger partial charge in [-0.05, 0) is 45.5 Å². The van der Waals surface area contributed by atoms with Crippen molar-refractivity contribution in [1.29, 1.82) is 0 Å². The van der Waals surface area contributed by atoms with E-state index in [1.807, 2.05) is 73.8 Å². The highest BCUT2D eigenvalue weighted by Crippen LogP contribution is 2.49. The zero-order chi connectivity index (χ0) is 31.6. The average Bonchev–Trinajstić information content (AvgIpc) is 3.54. The van der Waals surface area contributed by atoms with Gasteiger partial charge in [0.15, 0.2) is 10.9 Å². The molecule has 232 valence electrons. The first-order valence-corrected chi connectivity index (χ1v) is 16.6. The van der Waals surface area contributed by atoms with Crippen molar-refractivity contribution in [1.82, 2.24) is 10.3 Å². The highest BCUT2D eigenvalue weighted by atomic mass is 32.2. The molecular weight excluding hydrogens is 573 g/mol. The predicted octanol–water partition coefficient (Wildman–Crippen LogP) is 4.75. The van der Waals surface area contributed by atoms with Crippen LogP contribution in [0.1, 0.15) is 92.9 Å². The molecule has 2 aliphatic rings. The molecule has 12 heteroatoms. The standard InChI is InChI=1S/C30H46N6O4S2/c1-11-29(7,8)25(39)31-23-21(41-27(33-23)35(13-3)14-4)17-19(37)18(20(17)38)22-24(32-26(40)30(9,10)12-2)34-28(42-22)36(15-5)16-6/h17,19,37H,11-16H2,1-10H3,(H,31,39)/p+1/b22-18-. The molecule has 2 unspecified atom stereocenters. The second-order valence-corrected chi connectivity index (χ2v) is 13.8. The molecule has 1 aliphatic heterocycles. The summed E-state index contributed by atoms with van der Waals surface area (Å²) in [6.07, 6.45) is 0.121. The molecule has 3 rings (SSSR count). The Bertz CT molecular complexity index is 1320. The van der Waals surface area contributed by atoms with Gasteiger partial charge in [-0.15, -0.1) is 0 Å². The number of Topliss-reactive ketones (excluding diaryl/α,β-unsaturated/α-hetero) is 1. The van der Waals surface area contributed by atoms with Gasteiger partial charge in [0, 0.05) is 41.3 Å². The number of thioether (sulfide) groups is 1. The fourth-order valence-electron chi connectivity index (χ4n) is 4.37. The third kappa shape index (κ3) is 6.50. The zero-order valence-corrected chi connectivity index (χ0v) is 28.3. The maximum Gasteiger partial charge on any atom is 0.362 e. The number of carbonyl (C=O) groups excluding carboxylic acids is 3. The Labute approximate surface area is 258 Å². The van der Waals surface area contributed by atoms with Crippen molar-refractivity contribution < 1.29 is 24.1 Å². The number of thiazole rings is 1. The number of aliphatic hydroxyl groups is 1. The smallest absolute Gasteiger partial charge is 0.362 e. The number of nitrogens with one attached hydrogen (secondary N) is 2. The molecule has 3 N–H and O–H groups in total. The number of aliphatic imine (C=N–C) groups is 1. The van der Waals surface area contributed by atoms with E-state index >= 15 is 0 Å². The number of hydrogen-bond acceptors (Lipinski definition) is 8. The predicted molar refractivity (Wildman–Crippen MR) is 173 cm³/mol. The Hall–Kier alpha value is -2.57. The molecule has 1 aliphatic carbocycles. The Morgan fingerprint density at radius 3 is 1.98 bits per heavy atom. The van der Waals surface area contributed by atoms with Crippen LogP contribution in [0.15, 0.2) is 15.5 Å². The number of hydrogen-bond donors (Lipinski definition) is 3. The summed E-state index contributed by atoms with van der Waals surface area (Å²) in [5, 5.41) is 18.8. The first-order valence-electron chi connectivity index (χ1n) is 14.9. The molecule has 1 aromatic heterocycles. The van der Waals surface area contributed by atoms with E-state index in [0.717, 1.165) is 0 Å². The number of amides is 2. The molecule has 1 saturated carbocycles. The average molecular weight is 620 g/mol. The molecule has 2 amide bonds. The SMILES string of the molecule is CCN(CC)c1nc(NC(=O)C(C)(C)CC)c(C2C(=O)/C(=C3\SC(=[N+](CC)CC)N=C3NC(=O)C(C)(C)CC)C2O)s1. The van der Waals surface area contributed by atoms with E-state index in [-0.39, 0.29) is 23.2 Å². The van der Waals surface area contributed by atoms with Crippen LogP contribution in [-0.4, -0.2) is 75.5 Å². The summed E-state index contributed by atoms with van der Waals surface area (Å²) in [7, 11) is 0. The van der Waals surface area contributed by atoms with E-state index in [2.05, 4.69) is 15.5 Å². The van der Waals surface area contributed by atoms with Gasteiger partial charge < -0.3 is 15.3 Å². The minimum absolute atomic E-state index is 0.192. The second kappa shape index (κ2) is 13.4. The summed E-state index contributed by atoms with van der Waals surface area (Å²) >= 11 is 2.62. The maximum atomic E-state index is 13.9. The molecular formula is C30H47N6O4S2+. The van der Waals surface area contributed by atoms with Crippen LogP contribution in [0, 0.1) is 10.8 Å². The number of aliphatic hydroxyl groups excluding tert-OH is 1. The van der Waals surface area contributed by atoms with Gasteiger partial charge in [-0.25, -0.2) is 4.98 Å². The second-order valence-electron chi connectivity index (χ2n) is 11.8. The number of aromatic nitrogens is 1. The van der Waals surface area contributed by atoms with Crippen LogP contribution < -0.4 is 15.5 Å². The van der Waals surface area contributed by atoms with Crippen LogP contribution in [0.5, 0.6) is 0 Å². The van der Waals surface area contributed by atoms with Crippen molar-refractivity contribution in [2.24, 2.45) is 15.8 Å². The van der Waals surface area contributed by atoms with Crippen molar-refractivity contribution in [3.63, 3.8) is 0 Å². The maximum absolute atomic E-state index is 13.9. The Kier molecular flexibility index (Phi) is 10.8. The topological polar surface area (TPSA) is 127 Å². The number of anilines is 2. The van der Waals surface area contributed by atoms with Crippen LogP contribution >= 0.6 is 23.1 Å². The summed E-state index contributed by atoms with van der Waals surface area (Å²) in [5.74, 6) is -0.922. The lowest BCUT2D eigenvalue weighted by atomic mass is 9.74. The zero-order valence-electron chi connectivity index (χ0n) is 26.7. The summed E-state index contributed by atoms with van der Waals surface area (Å²) < 4.78 is 2.05. The highest BCUT2D eigenvalue weighted by Gasteiger charge is 2.52. The summed E-state index contributed by atoms with van der Waals surface area (Å²) in [4.78, 5) is 52.6. The number of ketones is 1. The monoisotopic (exact) mass is 619 g/mol. The number of rotatable bonds is 11. The normalized spacial score (nSPS) is 20.8. The van der Waals surface area contributed by atoms with Crippen molar-refractivity contribution in [2.75, 3.05) is 36.4 Å². The van der Waals surface area contributed by atoms with E-state index in [9.17, 15) is 19.5 Å². The summed E-state index contributed by atoms with van der Waals surface area (Å²) in [5.41, 5.74) is -1.03. The molecule has 10 nitrogen and oxygen atoms in total. The number of amidine groups is 2. The van der Waals surface area contributed by atoms with Gasteiger partial charge in [-0.1, -0.05) is 52.9 Å². The third-order valence-corrected chi connectivity index (χ3v) is 10.8. The fraction of sp³-hybridized carbons (Fsp3) is 0.667. The molecule has 2 atom stereocenters. The van der Waals surface area contributed by atoms with Crippen LogP contribution in [-0.2, 0) is 14.4 Å². The van der Waals surface area contributed by atoms with E-state index in [4.69, 9.17) is 9.98 Å². The van der Waals surface area contributed by atoms with Gasteiger partial charge >= 0.3 is 5.17 Å². The summed E-state index contributed by atoms with van der Waals surface area (Å²) in [6, 6.07) is 0. The van der Waals surface area contributed by atoms with Gasteiger partial charge in [0.2, 0.25) is 11.8 Å². The molecule has 1 fully saturated rings. The minimum Gasteiger partial charge on any atom is -0.387 e. The number of nitrogens with zero attached hydrogens (tertiary/aromatic N) is 4. The molecule has 1 aromatic rings. The van der Waals surface area contributed by atoms with E-state index in [1.54, 1.807) is 0 Å². The van der Waals surface area contributed by atoms with Gasteiger partial charge in [0.05, 0.1) is 34.9 Å². The Morgan fingerprint density at radius 2 is 1.50 bits per heavy atom. The van der Waals surface area contributed by atoms with E-state index in [1.165, 1.54) is 23.1 Å². The van der Waals surface area contributed by atoms with E-state index in [0.29, 0.717) is 70.8 Å². The minimum atomic E-state index is -1.14. The Balaban J connectivity index is 2.07. The molecule has 0 saturated heterocycles. The largest absolute Gasteiger partial charge is 0.387 e. The van der Waals surface area contributed by atoms with Gasteiger partial charge in [-0.3, -0.25) is 24.3 Å². The molecule has 0 radical (unpaired) electrons. The Morgan fingerprint density at radius 1 is 0.952 bits per heavy atom. The van der Waals surface area contributed by atoms with Crippen molar-refractivity contribution in [3.05, 3.63) is 15.4 Å². The van der Waals surface area contributed by atoms with Gasteiger partial charge in [-0.2, -0.15) is 0 Å². The molecule has 2 heterocycles. The van der Waals surface area contributed by atoms with Crippen molar-refractivity contribution in [2.45, 2.75) is 94.1 Å². The molecule has 0 bridgehead atoms. The fourth-order valence-corrected chi connectivity index (χ4v) is 6.87. The lowest BCUT2D eigenvalue weighted by molar-refractivity contribution is -0.518. The van der Waals surface area contributed by atoms with Crippen LogP contribution in [0.3, 0.4) is 0 Å². The van der Waals surface area contributed by atoms with Crippen LogP contribution in [0.25, 0.3) is 0 Å².